The fraction of sp³-hybridized carbons (Fsp3) is 0.333. The Morgan fingerprint density at radius 2 is 2.00 bits per heavy atom. The van der Waals surface area contributed by atoms with Crippen LogP contribution in [0.4, 0.5) is 14.7 Å². The lowest BCUT2D eigenvalue weighted by molar-refractivity contribution is 0.0695. The zero-order valence-corrected chi connectivity index (χ0v) is 22.2. The van der Waals surface area contributed by atoms with Gasteiger partial charge < -0.3 is 24.7 Å². The summed E-state index contributed by atoms with van der Waals surface area (Å²) in [4.78, 5) is 30.1. The van der Waals surface area contributed by atoms with Crippen LogP contribution in [0.5, 0.6) is 5.88 Å². The van der Waals surface area contributed by atoms with Crippen molar-refractivity contribution in [3.63, 3.8) is 0 Å². The highest BCUT2D eigenvalue weighted by Gasteiger charge is 2.20. The molecule has 0 amide bonds. The van der Waals surface area contributed by atoms with Crippen molar-refractivity contribution in [3.8, 4) is 17.0 Å². The molecular weight excluding hydrogens is 568 g/mol. The number of aryl methyl sites for hydroxylation is 2. The van der Waals surface area contributed by atoms with E-state index in [9.17, 15) is 23.5 Å². The first kappa shape index (κ1) is 27.3. The van der Waals surface area contributed by atoms with E-state index in [2.05, 4.69) is 26.0 Å². The van der Waals surface area contributed by atoms with E-state index >= 15 is 0 Å². The molecule has 4 aromatic rings. The molecule has 0 unspecified atom stereocenters. The van der Waals surface area contributed by atoms with Crippen LogP contribution in [0.25, 0.3) is 22.2 Å². The van der Waals surface area contributed by atoms with Gasteiger partial charge in [-0.25, -0.2) is 23.2 Å². The third-order valence-electron chi connectivity index (χ3n) is 6.03. The minimum Gasteiger partial charge on any atom is -0.478 e. The van der Waals surface area contributed by atoms with Crippen molar-refractivity contribution in [2.75, 3.05) is 32.0 Å². The Bertz CT molecular complexity index is 1530. The molecule has 0 atom stereocenters. The fourth-order valence-electron chi connectivity index (χ4n) is 4.16. The second-order valence-electron chi connectivity index (χ2n) is 8.65. The van der Waals surface area contributed by atoms with Crippen LogP contribution in [0, 0.1) is 0 Å². The van der Waals surface area contributed by atoms with Crippen LogP contribution in [0.1, 0.15) is 10.4 Å². The molecule has 0 bridgehead atoms. The molecule has 0 saturated heterocycles. The van der Waals surface area contributed by atoms with E-state index in [-0.39, 0.29) is 42.7 Å². The zero-order chi connectivity index (χ0) is 27.6. The van der Waals surface area contributed by atoms with Crippen LogP contribution in [0.3, 0.4) is 0 Å². The molecule has 0 radical (unpaired) electrons. The molecular formula is C24H26BrF2N7O4. The lowest BCUT2D eigenvalue weighted by Gasteiger charge is -2.22. The molecule has 0 saturated carbocycles. The molecule has 11 nitrogen and oxygen atoms in total. The minimum absolute atomic E-state index is 0.0178. The van der Waals surface area contributed by atoms with Gasteiger partial charge in [0.05, 0.1) is 40.5 Å². The summed E-state index contributed by atoms with van der Waals surface area (Å²) in [5, 5.41) is 13.5. The van der Waals surface area contributed by atoms with E-state index in [0.717, 1.165) is 9.99 Å². The predicted molar refractivity (Wildman–Crippen MR) is 141 cm³/mol. The molecule has 0 aliphatic rings. The van der Waals surface area contributed by atoms with Gasteiger partial charge in [0, 0.05) is 44.4 Å². The molecule has 3 aromatic heterocycles. The number of nitrogen functional groups attached to an aromatic ring is 1. The van der Waals surface area contributed by atoms with Crippen molar-refractivity contribution in [3.05, 3.63) is 57.0 Å². The molecule has 202 valence electrons. The molecule has 3 heterocycles. The highest BCUT2D eigenvalue weighted by molar-refractivity contribution is 9.10. The van der Waals surface area contributed by atoms with Crippen LogP contribution in [0.2, 0.25) is 0 Å². The smallest absolute Gasteiger partial charge is 0.337 e. The summed E-state index contributed by atoms with van der Waals surface area (Å²) in [7, 11) is 3.05. The number of hydrogen-bond acceptors (Lipinski definition) is 7. The summed E-state index contributed by atoms with van der Waals surface area (Å²) in [6.07, 6.45) is 0.0668. The van der Waals surface area contributed by atoms with Crippen LogP contribution >= 0.6 is 15.9 Å². The Kier molecular flexibility index (Phi) is 8.11. The van der Waals surface area contributed by atoms with Crippen molar-refractivity contribution < 1.29 is 23.4 Å². The topological polar surface area (TPSA) is 133 Å². The van der Waals surface area contributed by atoms with E-state index < -0.39 is 24.5 Å². The van der Waals surface area contributed by atoms with Crippen LogP contribution in [-0.4, -0.2) is 72.5 Å². The SMILES string of the molecule is Cn1ncc(-c2cc(C(=O)O)cn(C)c2=O)c1OCCN(CCn1c(N)nc2ccc(Br)cc21)CC(F)F. The Hall–Kier alpha value is -3.78. The monoisotopic (exact) mass is 593 g/mol. The molecule has 4 rings (SSSR count). The highest BCUT2D eigenvalue weighted by Crippen LogP contribution is 2.28. The third kappa shape index (κ3) is 5.86. The van der Waals surface area contributed by atoms with Crippen molar-refractivity contribution in [2.24, 2.45) is 14.1 Å². The second kappa shape index (κ2) is 11.3. The lowest BCUT2D eigenvalue weighted by Crippen LogP contribution is -2.35. The van der Waals surface area contributed by atoms with E-state index in [4.69, 9.17) is 10.5 Å². The van der Waals surface area contributed by atoms with Gasteiger partial charge in [0.2, 0.25) is 11.8 Å². The number of fused-ring (bicyclic) bond motifs is 1. The van der Waals surface area contributed by atoms with Crippen LogP contribution in [0.15, 0.2) is 45.9 Å². The normalized spacial score (nSPS) is 11.7. The number of pyridine rings is 1. The summed E-state index contributed by atoms with van der Waals surface area (Å²) in [5.74, 6) is -0.679. The fourth-order valence-corrected chi connectivity index (χ4v) is 4.50. The number of carbonyl (C=O) groups is 1. The number of carboxylic acids is 1. The number of ether oxygens (including phenoxy) is 1. The Morgan fingerprint density at radius 1 is 1.24 bits per heavy atom. The van der Waals surface area contributed by atoms with E-state index in [0.29, 0.717) is 17.6 Å². The maximum absolute atomic E-state index is 13.3. The number of halogens is 3. The number of nitrogens with zero attached hydrogens (tertiary/aromatic N) is 6. The first-order valence-electron chi connectivity index (χ1n) is 11.6. The first-order chi connectivity index (χ1) is 18.0. The van der Waals surface area contributed by atoms with Gasteiger partial charge in [-0.15, -0.1) is 0 Å². The first-order valence-corrected chi connectivity index (χ1v) is 12.4. The number of aromatic nitrogens is 5. The number of imidazole rings is 1. The van der Waals surface area contributed by atoms with Crippen molar-refractivity contribution in [2.45, 2.75) is 13.0 Å². The molecule has 1 aromatic carbocycles. The second-order valence-corrected chi connectivity index (χ2v) is 9.56. The maximum atomic E-state index is 13.3. The van der Waals surface area contributed by atoms with Gasteiger partial charge in [-0.3, -0.25) is 9.69 Å². The largest absolute Gasteiger partial charge is 0.478 e. The Morgan fingerprint density at radius 3 is 2.71 bits per heavy atom. The zero-order valence-electron chi connectivity index (χ0n) is 20.6. The Balaban J connectivity index is 1.49. The number of hydrogen-bond donors (Lipinski definition) is 2. The summed E-state index contributed by atoms with van der Waals surface area (Å²) < 4.78 is 37.7. The quantitative estimate of drug-likeness (QED) is 0.271. The number of anilines is 1. The number of rotatable bonds is 11. The molecule has 38 heavy (non-hydrogen) atoms. The van der Waals surface area contributed by atoms with Gasteiger partial charge in [-0.05, 0) is 24.3 Å². The van der Waals surface area contributed by atoms with Crippen molar-refractivity contribution >= 4 is 38.9 Å². The van der Waals surface area contributed by atoms with E-state index in [1.165, 1.54) is 34.8 Å². The van der Waals surface area contributed by atoms with Gasteiger partial charge in [-0.1, -0.05) is 15.9 Å². The molecule has 0 fully saturated rings. The molecule has 0 aliphatic heterocycles. The summed E-state index contributed by atoms with van der Waals surface area (Å²) in [5.41, 5.74) is 7.47. The highest BCUT2D eigenvalue weighted by atomic mass is 79.9. The van der Waals surface area contributed by atoms with Crippen molar-refractivity contribution in [1.29, 1.82) is 0 Å². The number of nitrogens with two attached hydrogens (primary N) is 1. The number of alkyl halides is 2. The van der Waals surface area contributed by atoms with Crippen LogP contribution in [-0.2, 0) is 20.6 Å². The van der Waals surface area contributed by atoms with E-state index in [1.807, 2.05) is 18.2 Å². The summed E-state index contributed by atoms with van der Waals surface area (Å²) in [6.45, 7) is 0.289. The third-order valence-corrected chi connectivity index (χ3v) is 6.52. The standard InChI is InChI=1S/C24H26BrF2N7O4/c1-31-12-14(23(36)37)9-16(21(31)35)17-11-29-32(2)22(17)38-8-7-33(13-20(26)27)5-6-34-19-10-15(25)3-4-18(19)30-24(34)28/h3-4,9-12,20H,5-8,13H2,1-2H3,(H2,28,30)(H,36,37). The number of carboxylic acid groups (broad SMARTS) is 1. The van der Waals surface area contributed by atoms with Gasteiger partial charge in [0.15, 0.2) is 0 Å². The van der Waals surface area contributed by atoms with Gasteiger partial charge in [0.25, 0.3) is 12.0 Å². The van der Waals surface area contributed by atoms with Crippen molar-refractivity contribution in [1.82, 2.24) is 28.8 Å². The predicted octanol–water partition coefficient (Wildman–Crippen LogP) is 2.82. The lowest BCUT2D eigenvalue weighted by atomic mass is 10.1. The molecule has 14 heteroatoms. The molecule has 0 spiro atoms. The van der Waals surface area contributed by atoms with Gasteiger partial charge in [0.1, 0.15) is 6.61 Å². The number of aromatic carboxylic acids is 1. The summed E-state index contributed by atoms with van der Waals surface area (Å²) >= 11 is 3.42. The van der Waals surface area contributed by atoms with Gasteiger partial charge in [-0.2, -0.15) is 5.10 Å². The minimum atomic E-state index is -2.56. The molecule has 3 N–H and O–H groups in total. The Labute approximate surface area is 224 Å². The number of benzene rings is 1. The summed E-state index contributed by atoms with van der Waals surface area (Å²) in [6, 6.07) is 6.80. The average molecular weight is 594 g/mol. The molecule has 0 aliphatic carbocycles. The average Bonchev–Trinajstić information content (AvgIpc) is 3.36. The maximum Gasteiger partial charge on any atom is 0.337 e. The van der Waals surface area contributed by atoms with E-state index in [1.54, 1.807) is 16.5 Å². The van der Waals surface area contributed by atoms with Crippen LogP contribution < -0.4 is 16.0 Å². The van der Waals surface area contributed by atoms with Gasteiger partial charge >= 0.3 is 5.97 Å².